The van der Waals surface area contributed by atoms with Gasteiger partial charge in [-0.1, -0.05) is 29.8 Å². The van der Waals surface area contributed by atoms with Gasteiger partial charge in [-0.3, -0.25) is 0 Å². The molecular formula is C21H19N3O2S. The summed E-state index contributed by atoms with van der Waals surface area (Å²) < 4.78 is 10.6. The van der Waals surface area contributed by atoms with Crippen molar-refractivity contribution in [3.63, 3.8) is 0 Å². The van der Waals surface area contributed by atoms with E-state index in [0.29, 0.717) is 27.8 Å². The average Bonchev–Trinajstić information content (AvgIpc) is 3.18. The fourth-order valence-corrected chi connectivity index (χ4v) is 3.27. The van der Waals surface area contributed by atoms with Crippen molar-refractivity contribution in [1.82, 2.24) is 4.98 Å². The van der Waals surface area contributed by atoms with Gasteiger partial charge in [-0.15, -0.1) is 11.3 Å². The van der Waals surface area contributed by atoms with Gasteiger partial charge in [0, 0.05) is 23.2 Å². The van der Waals surface area contributed by atoms with Gasteiger partial charge in [-0.25, -0.2) is 4.98 Å². The summed E-state index contributed by atoms with van der Waals surface area (Å²) in [6.07, 6.45) is 1.63. The standard InChI is InChI=1S/C21H19N3O2S/c1-14-4-6-15(7-5-14)19-13-27-21(24-19)16(11-22)12-23-18-10-17(25-2)8-9-20(18)26-3/h4-10,12-13,23H,1-3H3. The Balaban J connectivity index is 1.86. The van der Waals surface area contributed by atoms with Gasteiger partial charge in [0.2, 0.25) is 0 Å². The molecule has 0 saturated carbocycles. The molecule has 0 bridgehead atoms. The van der Waals surface area contributed by atoms with Crippen LogP contribution in [0.5, 0.6) is 11.5 Å². The highest BCUT2D eigenvalue weighted by Crippen LogP contribution is 2.30. The summed E-state index contributed by atoms with van der Waals surface area (Å²) in [7, 11) is 3.20. The monoisotopic (exact) mass is 377 g/mol. The predicted octanol–water partition coefficient (Wildman–Crippen LogP) is 5.11. The lowest BCUT2D eigenvalue weighted by atomic mass is 10.1. The Hall–Kier alpha value is -3.30. The van der Waals surface area contributed by atoms with Crippen LogP contribution in [0.1, 0.15) is 10.6 Å². The molecule has 0 radical (unpaired) electrons. The van der Waals surface area contributed by atoms with Gasteiger partial charge in [0.1, 0.15) is 28.1 Å². The first-order chi connectivity index (χ1) is 13.1. The molecule has 136 valence electrons. The quantitative estimate of drug-likeness (QED) is 0.605. The maximum atomic E-state index is 9.55. The minimum absolute atomic E-state index is 0.447. The molecule has 0 unspecified atom stereocenters. The molecule has 3 rings (SSSR count). The molecule has 0 spiro atoms. The maximum absolute atomic E-state index is 9.55. The molecule has 0 aliphatic rings. The van der Waals surface area contributed by atoms with E-state index in [9.17, 15) is 5.26 Å². The first-order valence-corrected chi connectivity index (χ1v) is 9.14. The normalized spacial score (nSPS) is 11.0. The van der Waals surface area contributed by atoms with Crippen molar-refractivity contribution in [2.75, 3.05) is 19.5 Å². The van der Waals surface area contributed by atoms with Crippen molar-refractivity contribution in [3.05, 3.63) is 64.6 Å². The van der Waals surface area contributed by atoms with E-state index in [2.05, 4.69) is 16.4 Å². The number of hydrogen-bond acceptors (Lipinski definition) is 6. The van der Waals surface area contributed by atoms with Crippen molar-refractivity contribution in [2.24, 2.45) is 0 Å². The van der Waals surface area contributed by atoms with Crippen LogP contribution in [-0.2, 0) is 0 Å². The van der Waals surface area contributed by atoms with Gasteiger partial charge in [0.15, 0.2) is 0 Å². The highest BCUT2D eigenvalue weighted by atomic mass is 32.1. The third kappa shape index (κ3) is 4.27. The number of methoxy groups -OCH3 is 2. The number of aromatic nitrogens is 1. The Morgan fingerprint density at radius 2 is 1.93 bits per heavy atom. The molecule has 1 aromatic heterocycles. The first kappa shape index (κ1) is 18.5. The van der Waals surface area contributed by atoms with E-state index in [1.165, 1.54) is 16.9 Å². The summed E-state index contributed by atoms with van der Waals surface area (Å²) in [5.41, 5.74) is 4.24. The average molecular weight is 377 g/mol. The SMILES string of the molecule is COc1ccc(OC)c(NC=C(C#N)c2nc(-c3ccc(C)cc3)cs2)c1. The molecule has 0 aliphatic carbocycles. The summed E-state index contributed by atoms with van der Waals surface area (Å²) in [6.45, 7) is 2.05. The lowest BCUT2D eigenvalue weighted by Crippen LogP contribution is -1.96. The predicted molar refractivity (Wildman–Crippen MR) is 109 cm³/mol. The van der Waals surface area contributed by atoms with Crippen LogP contribution in [0.3, 0.4) is 0 Å². The Morgan fingerprint density at radius 3 is 2.59 bits per heavy atom. The second-order valence-electron chi connectivity index (χ2n) is 5.78. The second-order valence-corrected chi connectivity index (χ2v) is 6.64. The second kappa shape index (κ2) is 8.39. The summed E-state index contributed by atoms with van der Waals surface area (Å²) in [4.78, 5) is 4.60. The van der Waals surface area contributed by atoms with Crippen molar-refractivity contribution in [3.8, 4) is 28.8 Å². The number of benzene rings is 2. The van der Waals surface area contributed by atoms with Crippen LogP contribution >= 0.6 is 11.3 Å². The van der Waals surface area contributed by atoms with Crippen molar-refractivity contribution in [2.45, 2.75) is 6.92 Å². The van der Waals surface area contributed by atoms with E-state index in [1.807, 2.05) is 48.7 Å². The molecule has 6 heteroatoms. The van der Waals surface area contributed by atoms with Crippen molar-refractivity contribution in [1.29, 1.82) is 5.26 Å². The van der Waals surface area contributed by atoms with E-state index < -0.39 is 0 Å². The van der Waals surface area contributed by atoms with E-state index >= 15 is 0 Å². The van der Waals surface area contributed by atoms with E-state index in [0.717, 1.165) is 11.3 Å². The van der Waals surface area contributed by atoms with Gasteiger partial charge < -0.3 is 14.8 Å². The number of allylic oxidation sites excluding steroid dienone is 1. The molecule has 0 atom stereocenters. The summed E-state index contributed by atoms with van der Waals surface area (Å²) in [5, 5.41) is 15.3. The Labute approximate surface area is 162 Å². The highest BCUT2D eigenvalue weighted by Gasteiger charge is 2.10. The highest BCUT2D eigenvalue weighted by molar-refractivity contribution is 7.11. The topological polar surface area (TPSA) is 67.2 Å². The minimum atomic E-state index is 0.447. The lowest BCUT2D eigenvalue weighted by Gasteiger charge is -2.10. The van der Waals surface area contributed by atoms with E-state index in [1.54, 1.807) is 26.5 Å². The van der Waals surface area contributed by atoms with Crippen LogP contribution in [0.25, 0.3) is 16.8 Å². The van der Waals surface area contributed by atoms with Crippen molar-refractivity contribution < 1.29 is 9.47 Å². The van der Waals surface area contributed by atoms with Crippen LogP contribution in [0, 0.1) is 18.3 Å². The van der Waals surface area contributed by atoms with Gasteiger partial charge in [-0.05, 0) is 19.1 Å². The van der Waals surface area contributed by atoms with Crippen molar-refractivity contribution >= 4 is 22.6 Å². The smallest absolute Gasteiger partial charge is 0.142 e. The fraction of sp³-hybridized carbons (Fsp3) is 0.143. The number of anilines is 1. The van der Waals surface area contributed by atoms with E-state index in [4.69, 9.17) is 9.47 Å². The number of nitrogens with one attached hydrogen (secondary N) is 1. The van der Waals surface area contributed by atoms with Crippen LogP contribution in [0.4, 0.5) is 5.69 Å². The molecular weight excluding hydrogens is 358 g/mol. The zero-order chi connectivity index (χ0) is 19.2. The molecule has 0 fully saturated rings. The number of thiazole rings is 1. The largest absolute Gasteiger partial charge is 0.497 e. The number of ether oxygens (including phenoxy) is 2. The molecule has 1 heterocycles. The number of hydrogen-bond donors (Lipinski definition) is 1. The van der Waals surface area contributed by atoms with Crippen LogP contribution in [0.2, 0.25) is 0 Å². The molecule has 0 saturated heterocycles. The van der Waals surface area contributed by atoms with Gasteiger partial charge in [0.25, 0.3) is 0 Å². The minimum Gasteiger partial charge on any atom is -0.497 e. The summed E-state index contributed by atoms with van der Waals surface area (Å²) in [5.74, 6) is 1.35. The van der Waals surface area contributed by atoms with Gasteiger partial charge in [0.05, 0.1) is 25.6 Å². The van der Waals surface area contributed by atoms with Crippen LogP contribution in [-0.4, -0.2) is 19.2 Å². The Morgan fingerprint density at radius 1 is 1.15 bits per heavy atom. The summed E-state index contributed by atoms with van der Waals surface area (Å²) >= 11 is 1.44. The number of nitriles is 1. The molecule has 2 aromatic carbocycles. The molecule has 5 nitrogen and oxygen atoms in total. The Bertz CT molecular complexity index is 1000. The first-order valence-electron chi connectivity index (χ1n) is 8.26. The van der Waals surface area contributed by atoms with Crippen LogP contribution < -0.4 is 14.8 Å². The van der Waals surface area contributed by atoms with Gasteiger partial charge >= 0.3 is 0 Å². The zero-order valence-corrected chi connectivity index (χ0v) is 16.1. The molecule has 0 aliphatic heterocycles. The van der Waals surface area contributed by atoms with Crippen LogP contribution in [0.15, 0.2) is 54.0 Å². The lowest BCUT2D eigenvalue weighted by molar-refractivity contribution is 0.405. The third-order valence-electron chi connectivity index (χ3n) is 3.98. The number of aryl methyl sites for hydroxylation is 1. The Kier molecular flexibility index (Phi) is 5.74. The summed E-state index contributed by atoms with van der Waals surface area (Å²) in [6, 6.07) is 15.8. The zero-order valence-electron chi connectivity index (χ0n) is 15.3. The number of nitrogens with zero attached hydrogens (tertiary/aromatic N) is 2. The van der Waals surface area contributed by atoms with Gasteiger partial charge in [-0.2, -0.15) is 5.26 Å². The maximum Gasteiger partial charge on any atom is 0.142 e. The number of rotatable bonds is 6. The molecule has 27 heavy (non-hydrogen) atoms. The molecule has 0 amide bonds. The molecule has 1 N–H and O–H groups in total. The van der Waals surface area contributed by atoms with E-state index in [-0.39, 0.29) is 0 Å². The fourth-order valence-electron chi connectivity index (χ4n) is 2.47. The molecule has 3 aromatic rings. The third-order valence-corrected chi connectivity index (χ3v) is 4.86.